The fourth-order valence-electron chi connectivity index (χ4n) is 1.61. The van der Waals surface area contributed by atoms with Crippen LogP contribution in [0.25, 0.3) is 5.70 Å². The van der Waals surface area contributed by atoms with E-state index in [1.165, 1.54) is 0 Å². The number of nitrogens with zero attached hydrogens (tertiary/aromatic N) is 3. The molecule has 20 heavy (non-hydrogen) atoms. The van der Waals surface area contributed by atoms with Crippen LogP contribution in [0.1, 0.15) is 12.1 Å². The Hall–Kier alpha value is -1.34. The zero-order valence-electron chi connectivity index (χ0n) is 11.0. The summed E-state index contributed by atoms with van der Waals surface area (Å²) >= 11 is 4.95. The molecule has 0 radical (unpaired) electrons. The van der Waals surface area contributed by atoms with E-state index >= 15 is 0 Å². The number of pyridine rings is 1. The van der Waals surface area contributed by atoms with Gasteiger partial charge < -0.3 is 10.6 Å². The first-order valence-electron chi connectivity index (χ1n) is 6.23. The van der Waals surface area contributed by atoms with Crippen molar-refractivity contribution in [3.8, 4) is 0 Å². The molecule has 0 unspecified atom stereocenters. The highest BCUT2D eigenvalue weighted by Crippen LogP contribution is 2.19. The Bertz CT molecular complexity index is 529. The number of hydrogen-bond acceptors (Lipinski definition) is 6. The van der Waals surface area contributed by atoms with E-state index in [1.807, 2.05) is 23.6 Å². The number of aliphatic imine (C=N–C) groups is 2. The molecule has 5 nitrogen and oxygen atoms in total. The first-order valence-corrected chi connectivity index (χ1v) is 8.07. The molecule has 0 aromatic carbocycles. The Labute approximate surface area is 131 Å². The van der Waals surface area contributed by atoms with Crippen LogP contribution in [0, 0.1) is 0 Å². The lowest BCUT2D eigenvalue weighted by Gasteiger charge is -2.15. The van der Waals surface area contributed by atoms with Gasteiger partial charge >= 0.3 is 0 Å². The maximum Gasteiger partial charge on any atom is 0.191 e. The minimum atomic E-state index is 0.721. The lowest BCUT2D eigenvalue weighted by atomic mass is 10.3. The molecule has 0 amide bonds. The molecule has 7 heteroatoms. The molecule has 2 rings (SSSR count). The quantitative estimate of drug-likeness (QED) is 0.369. The number of nitrogens with one attached hydrogen (secondary N) is 2. The molecule has 0 spiro atoms. The summed E-state index contributed by atoms with van der Waals surface area (Å²) in [5.41, 5.74) is 1.56. The van der Waals surface area contributed by atoms with E-state index in [1.54, 1.807) is 11.8 Å². The average molecular weight is 354 g/mol. The van der Waals surface area contributed by atoms with Crippen LogP contribution in [0.5, 0.6) is 0 Å². The third-order valence-corrected chi connectivity index (χ3v) is 3.71. The van der Waals surface area contributed by atoms with E-state index in [-0.39, 0.29) is 0 Å². The summed E-state index contributed by atoms with van der Waals surface area (Å²) in [5.74, 6) is 1.59. The van der Waals surface area contributed by atoms with E-state index in [2.05, 4.69) is 48.2 Å². The van der Waals surface area contributed by atoms with Crippen molar-refractivity contribution < 1.29 is 0 Å². The van der Waals surface area contributed by atoms with E-state index in [0.29, 0.717) is 0 Å². The minimum Gasteiger partial charge on any atom is -0.356 e. The summed E-state index contributed by atoms with van der Waals surface area (Å²) in [6, 6.07) is 5.72. The van der Waals surface area contributed by atoms with Gasteiger partial charge in [0.2, 0.25) is 0 Å². The minimum absolute atomic E-state index is 0.721. The molecule has 1 aliphatic rings. The van der Waals surface area contributed by atoms with Crippen LogP contribution in [-0.4, -0.2) is 36.6 Å². The Kier molecular flexibility index (Phi) is 6.07. The Morgan fingerprint density at radius 1 is 1.60 bits per heavy atom. The van der Waals surface area contributed by atoms with Gasteiger partial charge in [-0.2, -0.15) is 0 Å². The van der Waals surface area contributed by atoms with Gasteiger partial charge in [-0.15, -0.1) is 11.8 Å². The van der Waals surface area contributed by atoms with Gasteiger partial charge in [0, 0.05) is 18.5 Å². The topological polar surface area (TPSA) is 61.7 Å². The third-order valence-electron chi connectivity index (χ3n) is 2.56. The van der Waals surface area contributed by atoms with Gasteiger partial charge in [-0.25, -0.2) is 4.98 Å². The molecule has 2 N–H and O–H groups in total. The Balaban J connectivity index is 1.88. The first kappa shape index (κ1) is 15.1. The third kappa shape index (κ3) is 4.64. The van der Waals surface area contributed by atoms with E-state index in [0.717, 1.165) is 47.3 Å². The number of thioether (sulfide) groups is 1. The van der Waals surface area contributed by atoms with Crippen molar-refractivity contribution in [3.63, 3.8) is 0 Å². The van der Waals surface area contributed by atoms with Gasteiger partial charge in [-0.1, -0.05) is 6.07 Å². The van der Waals surface area contributed by atoms with Crippen molar-refractivity contribution >= 4 is 46.1 Å². The summed E-state index contributed by atoms with van der Waals surface area (Å²) in [6.45, 7) is 5.46. The van der Waals surface area contributed by atoms with Crippen LogP contribution in [-0.2, 0) is 0 Å². The maximum absolute atomic E-state index is 4.36. The van der Waals surface area contributed by atoms with Crippen molar-refractivity contribution in [1.82, 2.24) is 15.6 Å². The second kappa shape index (κ2) is 8.06. The predicted octanol–water partition coefficient (Wildman–Crippen LogP) is 2.47. The number of aromatic nitrogens is 1. The van der Waals surface area contributed by atoms with Crippen molar-refractivity contribution in [2.75, 3.05) is 19.0 Å². The average Bonchev–Trinajstić information content (AvgIpc) is 2.48. The summed E-state index contributed by atoms with van der Waals surface area (Å²) in [5, 5.41) is 8.38. The van der Waals surface area contributed by atoms with Crippen LogP contribution in [0.4, 0.5) is 0 Å². The second-order valence-corrected chi connectivity index (χ2v) is 5.68. The zero-order valence-corrected chi connectivity index (χ0v) is 13.4. The molecule has 0 bridgehead atoms. The summed E-state index contributed by atoms with van der Waals surface area (Å²) in [6.07, 6.45) is 1.09. The molecule has 1 aromatic heterocycles. The summed E-state index contributed by atoms with van der Waals surface area (Å²) < 4.78 is 0.786. The molecular formula is C13H16BrN5S. The summed E-state index contributed by atoms with van der Waals surface area (Å²) in [4.78, 5) is 12.7. The number of guanidine groups is 1. The molecule has 0 aliphatic carbocycles. The molecule has 1 aliphatic heterocycles. The largest absolute Gasteiger partial charge is 0.356 e. The Morgan fingerprint density at radius 3 is 3.20 bits per heavy atom. The smallest absolute Gasteiger partial charge is 0.191 e. The lowest BCUT2D eigenvalue weighted by Crippen LogP contribution is -2.40. The normalized spacial score (nSPS) is 15.2. The van der Waals surface area contributed by atoms with Gasteiger partial charge in [-0.3, -0.25) is 9.98 Å². The lowest BCUT2D eigenvalue weighted by molar-refractivity contribution is 0.718. The van der Waals surface area contributed by atoms with Gasteiger partial charge in [0.1, 0.15) is 4.60 Å². The standard InChI is InChI=1S/C13H16BrN5S/c1-15-11(10-4-2-5-12(14)19-10)8-20-9-18-13-16-6-3-7-17-13/h2,4-5,8H,1,3,6-7,9H2,(H2,16,17,18)/b11-8-. The number of rotatable bonds is 5. The molecule has 1 aromatic rings. The highest BCUT2D eigenvalue weighted by Gasteiger charge is 2.03. The van der Waals surface area contributed by atoms with E-state index in [4.69, 9.17) is 0 Å². The van der Waals surface area contributed by atoms with E-state index in [9.17, 15) is 0 Å². The van der Waals surface area contributed by atoms with Gasteiger partial charge in [0.15, 0.2) is 5.96 Å². The summed E-state index contributed by atoms with van der Waals surface area (Å²) in [7, 11) is 0. The van der Waals surface area contributed by atoms with Gasteiger partial charge in [0.25, 0.3) is 0 Å². The molecule has 0 atom stereocenters. The monoisotopic (exact) mass is 353 g/mol. The van der Waals surface area contributed by atoms with Crippen LogP contribution in [0.15, 0.2) is 38.2 Å². The number of hydrogen-bond donors (Lipinski definition) is 2. The molecule has 106 valence electrons. The predicted molar refractivity (Wildman–Crippen MR) is 90.0 cm³/mol. The zero-order chi connectivity index (χ0) is 14.2. The van der Waals surface area contributed by atoms with Gasteiger partial charge in [0.05, 0.1) is 17.3 Å². The van der Waals surface area contributed by atoms with Crippen molar-refractivity contribution in [2.24, 2.45) is 9.98 Å². The van der Waals surface area contributed by atoms with Crippen LogP contribution in [0.2, 0.25) is 0 Å². The van der Waals surface area contributed by atoms with Crippen molar-refractivity contribution in [3.05, 3.63) is 33.9 Å². The molecule has 0 fully saturated rings. The number of halogens is 1. The maximum atomic E-state index is 4.36. The van der Waals surface area contributed by atoms with Crippen LogP contribution in [0.3, 0.4) is 0 Å². The highest BCUT2D eigenvalue weighted by atomic mass is 79.9. The Morgan fingerprint density at radius 2 is 2.50 bits per heavy atom. The molecule has 0 saturated carbocycles. The first-order chi connectivity index (χ1) is 9.79. The highest BCUT2D eigenvalue weighted by molar-refractivity contribution is 9.10. The fourth-order valence-corrected chi connectivity index (χ4v) is 2.61. The fraction of sp³-hybridized carbons (Fsp3) is 0.308. The molecule has 0 saturated heterocycles. The van der Waals surface area contributed by atoms with Crippen molar-refractivity contribution in [2.45, 2.75) is 6.42 Å². The van der Waals surface area contributed by atoms with Gasteiger partial charge in [-0.05, 0) is 41.2 Å². The van der Waals surface area contributed by atoms with Crippen LogP contribution < -0.4 is 10.6 Å². The molecular weight excluding hydrogens is 338 g/mol. The SMILES string of the molecule is C=N/C(=C\SCNC1=NCCCN1)c1cccc(Br)n1. The molecule has 2 heterocycles. The van der Waals surface area contributed by atoms with E-state index < -0.39 is 0 Å². The van der Waals surface area contributed by atoms with Crippen LogP contribution >= 0.6 is 27.7 Å². The van der Waals surface area contributed by atoms with Crippen molar-refractivity contribution in [1.29, 1.82) is 0 Å². The second-order valence-electron chi connectivity index (χ2n) is 4.01.